The molecule has 0 heterocycles. The van der Waals surface area contributed by atoms with Crippen LogP contribution in [-0.4, -0.2) is 6.29 Å². The molecular formula is C11H7IO. The van der Waals surface area contributed by atoms with E-state index in [1.165, 1.54) is 0 Å². The van der Waals surface area contributed by atoms with Gasteiger partial charge in [-0.1, -0.05) is 30.3 Å². The van der Waals surface area contributed by atoms with Gasteiger partial charge in [-0.3, -0.25) is 4.79 Å². The first-order valence-electron chi connectivity index (χ1n) is 3.95. The molecule has 0 spiro atoms. The van der Waals surface area contributed by atoms with Crippen LogP contribution in [0.2, 0.25) is 0 Å². The van der Waals surface area contributed by atoms with Gasteiger partial charge in [0.2, 0.25) is 0 Å². The lowest BCUT2D eigenvalue weighted by Gasteiger charge is -2.02. The highest BCUT2D eigenvalue weighted by molar-refractivity contribution is 14.1. The average molecular weight is 282 g/mol. The van der Waals surface area contributed by atoms with Gasteiger partial charge in [-0.25, -0.2) is 0 Å². The Kier molecular flexibility index (Phi) is 2.31. The van der Waals surface area contributed by atoms with Crippen molar-refractivity contribution in [3.8, 4) is 0 Å². The van der Waals surface area contributed by atoms with Gasteiger partial charge in [-0.2, -0.15) is 0 Å². The molecule has 0 unspecified atom stereocenters. The molecule has 0 N–H and O–H groups in total. The van der Waals surface area contributed by atoms with Gasteiger partial charge in [-0.15, -0.1) is 0 Å². The van der Waals surface area contributed by atoms with Crippen LogP contribution in [0, 0.1) is 3.57 Å². The summed E-state index contributed by atoms with van der Waals surface area (Å²) in [4.78, 5) is 10.8. The SMILES string of the molecule is O=Cc1cccc2cccc(I)c12. The Labute approximate surface area is 89.9 Å². The van der Waals surface area contributed by atoms with E-state index >= 15 is 0 Å². The molecule has 0 atom stereocenters. The van der Waals surface area contributed by atoms with E-state index in [4.69, 9.17) is 0 Å². The van der Waals surface area contributed by atoms with Gasteiger partial charge >= 0.3 is 0 Å². The van der Waals surface area contributed by atoms with Gasteiger partial charge in [0, 0.05) is 14.5 Å². The maximum atomic E-state index is 10.8. The summed E-state index contributed by atoms with van der Waals surface area (Å²) in [5.41, 5.74) is 0.766. The van der Waals surface area contributed by atoms with Gasteiger partial charge in [0.1, 0.15) is 0 Å². The molecule has 0 radical (unpaired) electrons. The smallest absolute Gasteiger partial charge is 0.150 e. The minimum Gasteiger partial charge on any atom is -0.298 e. The third kappa shape index (κ3) is 1.46. The number of halogens is 1. The Balaban J connectivity index is 2.94. The van der Waals surface area contributed by atoms with Crippen molar-refractivity contribution in [2.75, 3.05) is 0 Å². The van der Waals surface area contributed by atoms with E-state index in [0.717, 1.165) is 26.2 Å². The van der Waals surface area contributed by atoms with Crippen LogP contribution in [0.25, 0.3) is 10.8 Å². The second-order valence-electron chi connectivity index (χ2n) is 2.80. The van der Waals surface area contributed by atoms with Crippen LogP contribution in [-0.2, 0) is 0 Å². The van der Waals surface area contributed by atoms with E-state index in [-0.39, 0.29) is 0 Å². The Morgan fingerprint density at radius 2 is 1.77 bits per heavy atom. The zero-order valence-corrected chi connectivity index (χ0v) is 8.99. The van der Waals surface area contributed by atoms with Crippen LogP contribution in [0.1, 0.15) is 10.4 Å². The van der Waals surface area contributed by atoms with Crippen molar-refractivity contribution >= 4 is 39.6 Å². The molecule has 0 aliphatic carbocycles. The van der Waals surface area contributed by atoms with Crippen molar-refractivity contribution < 1.29 is 4.79 Å². The van der Waals surface area contributed by atoms with Crippen LogP contribution in [0.5, 0.6) is 0 Å². The second kappa shape index (κ2) is 3.46. The lowest BCUT2D eigenvalue weighted by Crippen LogP contribution is -1.85. The summed E-state index contributed by atoms with van der Waals surface area (Å²) in [6, 6.07) is 11.8. The summed E-state index contributed by atoms with van der Waals surface area (Å²) >= 11 is 2.25. The fourth-order valence-corrected chi connectivity index (χ4v) is 2.25. The topological polar surface area (TPSA) is 17.1 Å². The molecule has 0 aliphatic rings. The minimum absolute atomic E-state index is 0.766. The summed E-state index contributed by atoms with van der Waals surface area (Å²) in [5, 5.41) is 2.18. The monoisotopic (exact) mass is 282 g/mol. The number of carbonyl (C=O) groups is 1. The van der Waals surface area contributed by atoms with Gasteiger partial charge in [0.05, 0.1) is 0 Å². The van der Waals surface area contributed by atoms with E-state index < -0.39 is 0 Å². The molecule has 13 heavy (non-hydrogen) atoms. The Bertz CT molecular complexity index is 457. The molecule has 2 aromatic rings. The molecule has 64 valence electrons. The third-order valence-corrected chi connectivity index (χ3v) is 2.91. The molecule has 2 rings (SSSR count). The normalized spacial score (nSPS) is 10.2. The van der Waals surface area contributed by atoms with Crippen LogP contribution < -0.4 is 0 Å². The largest absolute Gasteiger partial charge is 0.298 e. The zero-order chi connectivity index (χ0) is 9.26. The lowest BCUT2D eigenvalue weighted by molar-refractivity contribution is 0.112. The predicted molar refractivity (Wildman–Crippen MR) is 62.1 cm³/mol. The quantitative estimate of drug-likeness (QED) is 0.579. The Hall–Kier alpha value is -0.900. The molecule has 0 saturated carbocycles. The van der Waals surface area contributed by atoms with Crippen molar-refractivity contribution in [3.05, 3.63) is 45.5 Å². The minimum atomic E-state index is 0.766. The second-order valence-corrected chi connectivity index (χ2v) is 3.97. The molecule has 0 bridgehead atoms. The van der Waals surface area contributed by atoms with E-state index in [9.17, 15) is 4.79 Å². The summed E-state index contributed by atoms with van der Waals surface area (Å²) in [6.45, 7) is 0. The van der Waals surface area contributed by atoms with Crippen LogP contribution in [0.4, 0.5) is 0 Å². The van der Waals surface area contributed by atoms with Crippen molar-refractivity contribution in [1.29, 1.82) is 0 Å². The number of aldehydes is 1. The fourth-order valence-electron chi connectivity index (χ4n) is 1.42. The summed E-state index contributed by atoms with van der Waals surface area (Å²) in [5.74, 6) is 0. The Morgan fingerprint density at radius 1 is 1.08 bits per heavy atom. The molecule has 0 amide bonds. The van der Waals surface area contributed by atoms with Crippen LogP contribution >= 0.6 is 22.6 Å². The summed E-state index contributed by atoms with van der Waals surface area (Å²) in [7, 11) is 0. The first kappa shape index (κ1) is 8.69. The van der Waals surface area contributed by atoms with Gasteiger partial charge in [-0.05, 0) is 34.0 Å². The predicted octanol–water partition coefficient (Wildman–Crippen LogP) is 3.26. The van der Waals surface area contributed by atoms with Crippen molar-refractivity contribution in [1.82, 2.24) is 0 Å². The highest BCUT2D eigenvalue weighted by Gasteiger charge is 2.02. The number of carbonyl (C=O) groups excluding carboxylic acids is 1. The number of hydrogen-bond acceptors (Lipinski definition) is 1. The van der Waals surface area contributed by atoms with E-state index in [2.05, 4.69) is 22.6 Å². The van der Waals surface area contributed by atoms with Gasteiger partial charge < -0.3 is 0 Å². The molecule has 0 aromatic heterocycles. The summed E-state index contributed by atoms with van der Waals surface area (Å²) in [6.07, 6.45) is 0.907. The third-order valence-electron chi connectivity index (χ3n) is 2.01. The molecule has 2 heteroatoms. The van der Waals surface area contributed by atoms with Crippen LogP contribution in [0.3, 0.4) is 0 Å². The van der Waals surface area contributed by atoms with E-state index in [1.54, 1.807) is 0 Å². The molecule has 1 nitrogen and oxygen atoms in total. The maximum absolute atomic E-state index is 10.8. The van der Waals surface area contributed by atoms with Gasteiger partial charge in [0.25, 0.3) is 0 Å². The van der Waals surface area contributed by atoms with Crippen molar-refractivity contribution in [2.24, 2.45) is 0 Å². The van der Waals surface area contributed by atoms with Crippen molar-refractivity contribution in [3.63, 3.8) is 0 Å². The molecular weight excluding hydrogens is 275 g/mol. The number of fused-ring (bicyclic) bond motifs is 1. The molecule has 0 aliphatic heterocycles. The van der Waals surface area contributed by atoms with E-state index in [1.807, 2.05) is 36.4 Å². The molecule has 0 saturated heterocycles. The summed E-state index contributed by atoms with van der Waals surface area (Å²) < 4.78 is 1.12. The highest BCUT2D eigenvalue weighted by Crippen LogP contribution is 2.23. The first-order valence-corrected chi connectivity index (χ1v) is 5.03. The fraction of sp³-hybridized carbons (Fsp3) is 0. The highest BCUT2D eigenvalue weighted by atomic mass is 127. The molecule has 2 aromatic carbocycles. The van der Waals surface area contributed by atoms with E-state index in [0.29, 0.717) is 0 Å². The zero-order valence-electron chi connectivity index (χ0n) is 6.83. The number of hydrogen-bond donors (Lipinski definition) is 0. The van der Waals surface area contributed by atoms with Crippen LogP contribution in [0.15, 0.2) is 36.4 Å². The number of rotatable bonds is 1. The maximum Gasteiger partial charge on any atom is 0.150 e. The Morgan fingerprint density at radius 3 is 2.46 bits per heavy atom. The standard InChI is InChI=1S/C11H7IO/c12-10-6-2-4-8-3-1-5-9(7-13)11(8)10/h1-7H. The molecule has 0 fully saturated rings. The lowest BCUT2D eigenvalue weighted by atomic mass is 10.1. The first-order chi connectivity index (χ1) is 6.33. The van der Waals surface area contributed by atoms with Gasteiger partial charge in [0.15, 0.2) is 6.29 Å². The number of benzene rings is 2. The van der Waals surface area contributed by atoms with Crippen molar-refractivity contribution in [2.45, 2.75) is 0 Å². The average Bonchev–Trinajstić information content (AvgIpc) is 2.17.